The zero-order valence-electron chi connectivity index (χ0n) is 9.68. The number of nitrogens with zero attached hydrogens (tertiary/aromatic N) is 4. The minimum Gasteiger partial charge on any atom is -0.475 e. The SMILES string of the molecule is CC(C)Oc1cc(N2CC2)nc(N2CC2)n1. The molecule has 2 fully saturated rings. The Hall–Kier alpha value is -1.52. The molecule has 2 aliphatic rings. The Bertz CT molecular complexity index is 369. The van der Waals surface area contributed by atoms with Crippen molar-refractivity contribution in [3.05, 3.63) is 6.07 Å². The van der Waals surface area contributed by atoms with E-state index in [4.69, 9.17) is 4.74 Å². The lowest BCUT2D eigenvalue weighted by molar-refractivity contribution is 0.232. The van der Waals surface area contributed by atoms with Gasteiger partial charge in [0, 0.05) is 32.2 Å². The van der Waals surface area contributed by atoms with Crippen molar-refractivity contribution in [2.24, 2.45) is 0 Å². The molecule has 16 heavy (non-hydrogen) atoms. The van der Waals surface area contributed by atoms with Gasteiger partial charge in [-0.2, -0.15) is 9.97 Å². The molecule has 0 bridgehead atoms. The average molecular weight is 220 g/mol. The quantitative estimate of drug-likeness (QED) is 0.705. The molecule has 3 heterocycles. The summed E-state index contributed by atoms with van der Waals surface area (Å²) in [6, 6.07) is 1.93. The van der Waals surface area contributed by atoms with E-state index in [1.807, 2.05) is 19.9 Å². The minimum atomic E-state index is 0.152. The number of anilines is 2. The molecule has 0 amide bonds. The van der Waals surface area contributed by atoms with Gasteiger partial charge in [-0.05, 0) is 13.8 Å². The number of hydrogen-bond acceptors (Lipinski definition) is 5. The topological polar surface area (TPSA) is 41.0 Å². The largest absolute Gasteiger partial charge is 0.475 e. The third-order valence-electron chi connectivity index (χ3n) is 2.54. The van der Waals surface area contributed by atoms with E-state index in [-0.39, 0.29) is 6.10 Å². The van der Waals surface area contributed by atoms with E-state index >= 15 is 0 Å². The molecule has 2 aliphatic heterocycles. The van der Waals surface area contributed by atoms with Gasteiger partial charge < -0.3 is 14.5 Å². The zero-order chi connectivity index (χ0) is 11.1. The summed E-state index contributed by atoms with van der Waals surface area (Å²) in [6.07, 6.45) is 0.152. The summed E-state index contributed by atoms with van der Waals surface area (Å²) in [6.45, 7) is 8.33. The lowest BCUT2D eigenvalue weighted by atomic mass is 10.5. The van der Waals surface area contributed by atoms with Gasteiger partial charge >= 0.3 is 0 Å². The van der Waals surface area contributed by atoms with Crippen LogP contribution in [0, 0.1) is 0 Å². The van der Waals surface area contributed by atoms with Crippen LogP contribution in [0.5, 0.6) is 5.88 Å². The lowest BCUT2D eigenvalue weighted by Gasteiger charge is -2.12. The van der Waals surface area contributed by atoms with Crippen LogP contribution >= 0.6 is 0 Å². The van der Waals surface area contributed by atoms with Crippen LogP contribution in [0.15, 0.2) is 6.07 Å². The Kier molecular flexibility index (Phi) is 2.12. The van der Waals surface area contributed by atoms with E-state index in [1.54, 1.807) is 0 Å². The summed E-state index contributed by atoms with van der Waals surface area (Å²) in [5.41, 5.74) is 0. The monoisotopic (exact) mass is 220 g/mol. The molecule has 0 saturated carbocycles. The number of hydrogen-bond donors (Lipinski definition) is 0. The molecule has 0 aliphatic carbocycles. The van der Waals surface area contributed by atoms with Crippen LogP contribution in [0.1, 0.15) is 13.8 Å². The molecule has 1 aromatic heterocycles. The van der Waals surface area contributed by atoms with Crippen molar-refractivity contribution < 1.29 is 4.74 Å². The van der Waals surface area contributed by atoms with E-state index in [1.165, 1.54) is 0 Å². The highest BCUT2D eigenvalue weighted by molar-refractivity contribution is 5.53. The molecular formula is C11H16N4O. The normalized spacial score (nSPS) is 17.9. The van der Waals surface area contributed by atoms with E-state index < -0.39 is 0 Å². The summed E-state index contributed by atoms with van der Waals surface area (Å²) in [5, 5.41) is 0. The highest BCUT2D eigenvalue weighted by atomic mass is 16.5. The van der Waals surface area contributed by atoms with Gasteiger partial charge in [-0.3, -0.25) is 0 Å². The van der Waals surface area contributed by atoms with Crippen LogP contribution in [0.4, 0.5) is 11.8 Å². The van der Waals surface area contributed by atoms with Crippen molar-refractivity contribution >= 4 is 11.8 Å². The Balaban J connectivity index is 1.89. The molecule has 3 rings (SSSR count). The van der Waals surface area contributed by atoms with E-state index in [9.17, 15) is 0 Å². The summed E-state index contributed by atoms with van der Waals surface area (Å²) in [4.78, 5) is 13.3. The van der Waals surface area contributed by atoms with Gasteiger partial charge in [-0.15, -0.1) is 0 Å². The fourth-order valence-electron chi connectivity index (χ4n) is 1.54. The maximum atomic E-state index is 5.65. The number of rotatable bonds is 4. The Morgan fingerprint density at radius 3 is 2.38 bits per heavy atom. The van der Waals surface area contributed by atoms with Crippen molar-refractivity contribution in [1.82, 2.24) is 9.97 Å². The Morgan fingerprint density at radius 2 is 1.81 bits per heavy atom. The lowest BCUT2D eigenvalue weighted by Crippen LogP contribution is -2.10. The van der Waals surface area contributed by atoms with Gasteiger partial charge in [0.25, 0.3) is 0 Å². The third-order valence-corrected chi connectivity index (χ3v) is 2.54. The molecule has 1 aromatic rings. The first-order valence-corrected chi connectivity index (χ1v) is 5.78. The standard InChI is InChI=1S/C11H16N4O/c1-8(2)16-10-7-9(14-3-4-14)12-11(13-10)15-5-6-15/h7-8H,3-6H2,1-2H3. The predicted octanol–water partition coefficient (Wildman–Crippen LogP) is 0.904. The van der Waals surface area contributed by atoms with Crippen molar-refractivity contribution in [1.29, 1.82) is 0 Å². The van der Waals surface area contributed by atoms with Crippen molar-refractivity contribution in [3.8, 4) is 5.88 Å². The molecule has 0 aromatic carbocycles. The van der Waals surface area contributed by atoms with Crippen LogP contribution < -0.4 is 14.5 Å². The second kappa shape index (κ2) is 3.50. The first kappa shape index (κ1) is 9.69. The van der Waals surface area contributed by atoms with Crippen LogP contribution in [-0.4, -0.2) is 42.3 Å². The first-order valence-electron chi connectivity index (χ1n) is 5.78. The predicted molar refractivity (Wildman–Crippen MR) is 62.2 cm³/mol. The van der Waals surface area contributed by atoms with Gasteiger partial charge in [-0.25, -0.2) is 0 Å². The van der Waals surface area contributed by atoms with Crippen LogP contribution in [0.25, 0.3) is 0 Å². The second-order valence-corrected chi connectivity index (χ2v) is 4.51. The third kappa shape index (κ3) is 2.03. The summed E-state index contributed by atoms with van der Waals surface area (Å²) in [7, 11) is 0. The highest BCUT2D eigenvalue weighted by Crippen LogP contribution is 2.27. The number of ether oxygens (including phenoxy) is 1. The first-order chi connectivity index (χ1) is 7.72. The average Bonchev–Trinajstić information content (AvgIpc) is 3.09. The van der Waals surface area contributed by atoms with Crippen molar-refractivity contribution in [2.45, 2.75) is 20.0 Å². The minimum absolute atomic E-state index is 0.152. The Morgan fingerprint density at radius 1 is 1.12 bits per heavy atom. The smallest absolute Gasteiger partial charge is 0.230 e. The van der Waals surface area contributed by atoms with Crippen LogP contribution in [0.3, 0.4) is 0 Å². The van der Waals surface area contributed by atoms with Crippen LogP contribution in [0.2, 0.25) is 0 Å². The van der Waals surface area contributed by atoms with E-state index in [0.29, 0.717) is 5.88 Å². The maximum absolute atomic E-state index is 5.65. The molecule has 0 N–H and O–H groups in total. The molecular weight excluding hydrogens is 204 g/mol. The second-order valence-electron chi connectivity index (χ2n) is 4.51. The molecule has 0 spiro atoms. The molecule has 0 unspecified atom stereocenters. The van der Waals surface area contributed by atoms with E-state index in [2.05, 4.69) is 19.8 Å². The molecule has 2 saturated heterocycles. The molecule has 0 radical (unpaired) electrons. The van der Waals surface area contributed by atoms with Crippen molar-refractivity contribution in [2.75, 3.05) is 36.0 Å². The van der Waals surface area contributed by atoms with E-state index in [0.717, 1.165) is 37.9 Å². The van der Waals surface area contributed by atoms with Gasteiger partial charge in [0.05, 0.1) is 6.10 Å². The summed E-state index contributed by atoms with van der Waals surface area (Å²) >= 11 is 0. The fourth-order valence-corrected chi connectivity index (χ4v) is 1.54. The number of aromatic nitrogens is 2. The fraction of sp³-hybridized carbons (Fsp3) is 0.636. The van der Waals surface area contributed by atoms with Gasteiger partial charge in [0.15, 0.2) is 0 Å². The van der Waals surface area contributed by atoms with Gasteiger partial charge in [0.1, 0.15) is 5.82 Å². The molecule has 5 heteroatoms. The molecule has 5 nitrogen and oxygen atoms in total. The van der Waals surface area contributed by atoms with Gasteiger partial charge in [0.2, 0.25) is 11.8 Å². The summed E-state index contributed by atoms with van der Waals surface area (Å²) in [5.74, 6) is 2.49. The van der Waals surface area contributed by atoms with Crippen LogP contribution in [-0.2, 0) is 0 Å². The Labute approximate surface area is 95.0 Å². The van der Waals surface area contributed by atoms with Gasteiger partial charge in [-0.1, -0.05) is 0 Å². The van der Waals surface area contributed by atoms with Crippen molar-refractivity contribution in [3.63, 3.8) is 0 Å². The highest BCUT2D eigenvalue weighted by Gasteiger charge is 2.26. The maximum Gasteiger partial charge on any atom is 0.230 e. The molecule has 0 atom stereocenters. The zero-order valence-corrected chi connectivity index (χ0v) is 9.68. The summed E-state index contributed by atoms with van der Waals surface area (Å²) < 4.78 is 5.65. The molecule has 86 valence electrons.